The van der Waals surface area contributed by atoms with Gasteiger partial charge in [-0.25, -0.2) is 8.78 Å². The summed E-state index contributed by atoms with van der Waals surface area (Å²) in [6.07, 6.45) is -4.23. The van der Waals surface area contributed by atoms with Gasteiger partial charge in [-0.3, -0.25) is 4.90 Å². The molecular weight excluding hydrogens is 373 g/mol. The van der Waals surface area contributed by atoms with Crippen molar-refractivity contribution in [2.75, 3.05) is 19.7 Å². The van der Waals surface area contributed by atoms with E-state index in [1.54, 1.807) is 12.1 Å². The third kappa shape index (κ3) is 5.39. The summed E-state index contributed by atoms with van der Waals surface area (Å²) in [5.74, 6) is -2.69. The van der Waals surface area contributed by atoms with Gasteiger partial charge in [-0.2, -0.15) is 13.2 Å². The van der Waals surface area contributed by atoms with Gasteiger partial charge in [-0.15, -0.1) is 0 Å². The smallest absolute Gasteiger partial charge is 0.422 e. The highest BCUT2D eigenvalue weighted by molar-refractivity contribution is 9.10. The predicted octanol–water partition coefficient (Wildman–Crippen LogP) is 4.62. The Labute approximate surface area is 133 Å². The van der Waals surface area contributed by atoms with Crippen molar-refractivity contribution in [2.24, 2.45) is 0 Å². The van der Waals surface area contributed by atoms with Crippen LogP contribution >= 0.6 is 15.9 Å². The second kappa shape index (κ2) is 6.70. The van der Waals surface area contributed by atoms with Crippen molar-refractivity contribution < 1.29 is 26.7 Å². The van der Waals surface area contributed by atoms with Crippen LogP contribution in [0.2, 0.25) is 0 Å². The third-order valence-electron chi connectivity index (χ3n) is 3.28. The van der Waals surface area contributed by atoms with Crippen LogP contribution in [-0.2, 0) is 6.54 Å². The number of hydrogen-bond donors (Lipinski definition) is 0. The summed E-state index contributed by atoms with van der Waals surface area (Å²) in [4.78, 5) is 1.53. The first-order valence-electron chi connectivity index (χ1n) is 6.73. The van der Waals surface area contributed by atoms with Crippen molar-refractivity contribution >= 4 is 15.9 Å². The highest BCUT2D eigenvalue weighted by Gasteiger charge is 2.35. The summed E-state index contributed by atoms with van der Waals surface area (Å²) in [6.45, 7) is -1.18. The third-order valence-corrected chi connectivity index (χ3v) is 3.77. The molecule has 1 saturated heterocycles. The number of likely N-dealkylation sites (tertiary alicyclic amines) is 1. The highest BCUT2D eigenvalue weighted by Crippen LogP contribution is 2.31. The first-order chi connectivity index (χ1) is 10.1. The molecule has 0 atom stereocenters. The number of hydrogen-bond acceptors (Lipinski definition) is 2. The van der Waals surface area contributed by atoms with E-state index < -0.39 is 25.3 Å². The van der Waals surface area contributed by atoms with Gasteiger partial charge in [0.1, 0.15) is 5.75 Å². The average molecular weight is 388 g/mol. The van der Waals surface area contributed by atoms with E-state index in [1.807, 2.05) is 0 Å². The Balaban J connectivity index is 2.10. The average Bonchev–Trinajstić information content (AvgIpc) is 2.35. The number of nitrogens with zero attached hydrogens (tertiary/aromatic N) is 1. The lowest BCUT2D eigenvalue weighted by Crippen LogP contribution is -2.42. The molecule has 0 saturated carbocycles. The molecule has 0 amide bonds. The summed E-state index contributed by atoms with van der Waals surface area (Å²) >= 11 is 3.23. The molecule has 8 heteroatoms. The first-order valence-corrected chi connectivity index (χ1v) is 7.52. The molecule has 0 unspecified atom stereocenters. The quantitative estimate of drug-likeness (QED) is 0.698. The Kier molecular flexibility index (Phi) is 5.32. The summed E-state index contributed by atoms with van der Waals surface area (Å²) in [7, 11) is 0. The maximum absolute atomic E-state index is 13.4. The van der Waals surface area contributed by atoms with Gasteiger partial charge in [0, 0.05) is 23.0 Å². The van der Waals surface area contributed by atoms with Gasteiger partial charge in [-0.1, -0.05) is 15.9 Å². The molecule has 1 aliphatic rings. The van der Waals surface area contributed by atoms with Crippen LogP contribution in [0.15, 0.2) is 22.7 Å². The van der Waals surface area contributed by atoms with E-state index in [1.165, 1.54) is 11.0 Å². The highest BCUT2D eigenvalue weighted by atomic mass is 79.9. The van der Waals surface area contributed by atoms with Crippen LogP contribution in [-0.4, -0.2) is 36.7 Å². The number of piperidine rings is 1. The van der Waals surface area contributed by atoms with Crippen LogP contribution in [0.25, 0.3) is 0 Å². The molecule has 0 bridgehead atoms. The van der Waals surface area contributed by atoms with Gasteiger partial charge in [0.15, 0.2) is 6.61 Å². The molecule has 0 radical (unpaired) electrons. The van der Waals surface area contributed by atoms with E-state index in [4.69, 9.17) is 4.74 Å². The Morgan fingerprint density at radius 2 is 2.00 bits per heavy atom. The molecule has 22 heavy (non-hydrogen) atoms. The van der Waals surface area contributed by atoms with Crippen molar-refractivity contribution in [1.29, 1.82) is 0 Å². The molecule has 1 fully saturated rings. The van der Waals surface area contributed by atoms with Crippen LogP contribution in [0.4, 0.5) is 22.0 Å². The van der Waals surface area contributed by atoms with Crippen molar-refractivity contribution in [3.05, 3.63) is 28.2 Å². The number of ether oxygens (including phenoxy) is 1. The van der Waals surface area contributed by atoms with Gasteiger partial charge >= 0.3 is 6.18 Å². The molecule has 1 aromatic rings. The van der Waals surface area contributed by atoms with E-state index in [0.717, 1.165) is 0 Å². The molecule has 0 spiro atoms. The second-order valence-corrected chi connectivity index (χ2v) is 6.24. The minimum atomic E-state index is -4.44. The largest absolute Gasteiger partial charge is 0.484 e. The van der Waals surface area contributed by atoms with Gasteiger partial charge in [0.2, 0.25) is 0 Å². The van der Waals surface area contributed by atoms with Crippen molar-refractivity contribution in [2.45, 2.75) is 31.5 Å². The topological polar surface area (TPSA) is 12.5 Å². The lowest BCUT2D eigenvalue weighted by atomic mass is 10.1. The Morgan fingerprint density at radius 3 is 2.64 bits per heavy atom. The van der Waals surface area contributed by atoms with E-state index in [2.05, 4.69) is 15.9 Å². The summed E-state index contributed by atoms with van der Waals surface area (Å²) in [5, 5.41) is 0. The van der Waals surface area contributed by atoms with E-state index in [-0.39, 0.29) is 18.7 Å². The number of benzene rings is 1. The van der Waals surface area contributed by atoms with Gasteiger partial charge in [0.05, 0.1) is 6.54 Å². The fraction of sp³-hybridized carbons (Fsp3) is 0.571. The SMILES string of the molecule is FC(F)(F)COc1ccc(Br)cc1CN1CCCC(F)(F)C1. The van der Waals surface area contributed by atoms with Gasteiger partial charge in [-0.05, 0) is 31.2 Å². The zero-order valence-corrected chi connectivity index (χ0v) is 13.2. The standard InChI is InChI=1S/C14H15BrF5NO/c15-11-2-3-12(22-9-14(18,19)20)10(6-11)7-21-5-1-4-13(16,17)8-21/h2-3,6H,1,4-5,7-9H2. The Bertz CT molecular complexity index is 520. The maximum Gasteiger partial charge on any atom is 0.422 e. The molecule has 1 aromatic carbocycles. The lowest BCUT2D eigenvalue weighted by molar-refractivity contribution is -0.153. The van der Waals surface area contributed by atoms with Crippen molar-refractivity contribution in [3.63, 3.8) is 0 Å². The Morgan fingerprint density at radius 1 is 1.27 bits per heavy atom. The van der Waals surface area contributed by atoms with Crippen LogP contribution in [0, 0.1) is 0 Å². The molecule has 1 aliphatic heterocycles. The molecular formula is C14H15BrF5NO. The summed E-state index contributed by atoms with van der Waals surface area (Å²) < 4.78 is 69.1. The molecule has 124 valence electrons. The predicted molar refractivity (Wildman–Crippen MR) is 75.2 cm³/mol. The fourth-order valence-electron chi connectivity index (χ4n) is 2.39. The van der Waals surface area contributed by atoms with E-state index in [0.29, 0.717) is 23.0 Å². The lowest BCUT2D eigenvalue weighted by Gasteiger charge is -2.32. The summed E-state index contributed by atoms with van der Waals surface area (Å²) in [5.41, 5.74) is 0.455. The second-order valence-electron chi connectivity index (χ2n) is 5.33. The van der Waals surface area contributed by atoms with Crippen molar-refractivity contribution in [3.8, 4) is 5.75 Å². The summed E-state index contributed by atoms with van der Waals surface area (Å²) in [6, 6.07) is 4.56. The molecule has 1 heterocycles. The number of rotatable bonds is 4. The van der Waals surface area contributed by atoms with E-state index >= 15 is 0 Å². The molecule has 2 rings (SSSR count). The fourth-order valence-corrected chi connectivity index (χ4v) is 2.80. The van der Waals surface area contributed by atoms with Crippen molar-refractivity contribution in [1.82, 2.24) is 4.90 Å². The van der Waals surface area contributed by atoms with Gasteiger partial charge in [0.25, 0.3) is 5.92 Å². The van der Waals surface area contributed by atoms with Crippen LogP contribution < -0.4 is 4.74 Å². The molecule has 0 aliphatic carbocycles. The van der Waals surface area contributed by atoms with Crippen LogP contribution in [0.5, 0.6) is 5.75 Å². The minimum absolute atomic E-state index is 0.0643. The minimum Gasteiger partial charge on any atom is -0.484 e. The molecule has 0 N–H and O–H groups in total. The zero-order valence-electron chi connectivity index (χ0n) is 11.6. The van der Waals surface area contributed by atoms with Gasteiger partial charge < -0.3 is 4.74 Å². The van der Waals surface area contributed by atoms with E-state index in [9.17, 15) is 22.0 Å². The molecule has 2 nitrogen and oxygen atoms in total. The first kappa shape index (κ1) is 17.5. The monoisotopic (exact) mass is 387 g/mol. The Hall–Kier alpha value is -0.890. The number of alkyl halides is 5. The normalized spacial score (nSPS) is 19.2. The number of halogens is 6. The zero-order chi connectivity index (χ0) is 16.4. The molecule has 0 aromatic heterocycles. The van der Waals surface area contributed by atoms with Crippen LogP contribution in [0.1, 0.15) is 18.4 Å². The maximum atomic E-state index is 13.4. The van der Waals surface area contributed by atoms with Crippen LogP contribution in [0.3, 0.4) is 0 Å².